The van der Waals surface area contributed by atoms with E-state index in [2.05, 4.69) is 10.4 Å². The summed E-state index contributed by atoms with van der Waals surface area (Å²) in [5.41, 5.74) is 1.52. The Bertz CT molecular complexity index is 1070. The van der Waals surface area contributed by atoms with Crippen LogP contribution in [0.25, 0.3) is 16.9 Å². The maximum atomic E-state index is 12.7. The van der Waals surface area contributed by atoms with Crippen LogP contribution in [0.5, 0.6) is 0 Å². The number of methoxy groups -OCH3 is 2. The summed E-state index contributed by atoms with van der Waals surface area (Å²) in [4.78, 5) is 36.9. The van der Waals surface area contributed by atoms with E-state index in [1.807, 2.05) is 6.07 Å². The van der Waals surface area contributed by atoms with Gasteiger partial charge >= 0.3 is 11.9 Å². The number of aromatic nitrogens is 2. The first-order chi connectivity index (χ1) is 14.0. The maximum Gasteiger partial charge on any atom is 0.357 e. The van der Waals surface area contributed by atoms with Gasteiger partial charge in [-0.05, 0) is 18.2 Å². The number of para-hydroxylation sites is 2. The van der Waals surface area contributed by atoms with Gasteiger partial charge in [0.25, 0.3) is 0 Å². The number of benzene rings is 2. The molecule has 3 rings (SSSR count). The summed E-state index contributed by atoms with van der Waals surface area (Å²) in [5, 5.41) is 7.23. The predicted octanol–water partition coefficient (Wildman–Crippen LogP) is 3.07. The van der Waals surface area contributed by atoms with Crippen molar-refractivity contribution in [3.63, 3.8) is 0 Å². The average Bonchev–Trinajstić information content (AvgIpc) is 3.13. The fraction of sp³-hybridized carbons (Fsp3) is 0.143. The fourth-order valence-corrected chi connectivity index (χ4v) is 2.93. The van der Waals surface area contributed by atoms with Crippen LogP contribution in [-0.4, -0.2) is 41.8 Å². The summed E-state index contributed by atoms with van der Waals surface area (Å²) in [7, 11) is 2.43. The molecular formula is C21H19N3O5. The third kappa shape index (κ3) is 3.86. The number of nitrogens with zero attached hydrogens (tertiary/aromatic N) is 2. The second kappa shape index (κ2) is 8.39. The van der Waals surface area contributed by atoms with Gasteiger partial charge in [-0.3, -0.25) is 4.79 Å². The van der Waals surface area contributed by atoms with Gasteiger partial charge in [0.2, 0.25) is 5.91 Å². The minimum atomic E-state index is -0.750. The summed E-state index contributed by atoms with van der Waals surface area (Å²) >= 11 is 0. The lowest BCUT2D eigenvalue weighted by molar-refractivity contribution is -0.114. The maximum absolute atomic E-state index is 12.7. The van der Waals surface area contributed by atoms with Crippen LogP contribution in [0.15, 0.2) is 54.6 Å². The summed E-state index contributed by atoms with van der Waals surface area (Å²) in [6.45, 7) is 1.38. The van der Waals surface area contributed by atoms with Gasteiger partial charge in [0.15, 0.2) is 5.69 Å². The van der Waals surface area contributed by atoms with Crippen molar-refractivity contribution < 1.29 is 23.9 Å². The average molecular weight is 393 g/mol. The van der Waals surface area contributed by atoms with Crippen molar-refractivity contribution >= 4 is 23.5 Å². The molecule has 0 fully saturated rings. The number of carbonyl (C=O) groups excluding carboxylic acids is 3. The first-order valence-corrected chi connectivity index (χ1v) is 8.70. The molecule has 1 amide bonds. The van der Waals surface area contributed by atoms with Crippen molar-refractivity contribution in [2.45, 2.75) is 6.92 Å². The Kier molecular flexibility index (Phi) is 5.73. The van der Waals surface area contributed by atoms with Gasteiger partial charge in [-0.1, -0.05) is 36.4 Å². The highest BCUT2D eigenvalue weighted by Gasteiger charge is 2.32. The second-order valence-corrected chi connectivity index (χ2v) is 6.03. The molecule has 0 unspecified atom stereocenters. The predicted molar refractivity (Wildman–Crippen MR) is 106 cm³/mol. The van der Waals surface area contributed by atoms with Gasteiger partial charge in [0.05, 0.1) is 25.6 Å². The molecule has 1 aromatic heterocycles. The molecule has 148 valence electrons. The highest BCUT2D eigenvalue weighted by atomic mass is 16.5. The van der Waals surface area contributed by atoms with Crippen molar-refractivity contribution in [2.24, 2.45) is 0 Å². The van der Waals surface area contributed by atoms with Gasteiger partial charge in [-0.25, -0.2) is 14.3 Å². The number of ether oxygens (including phenoxy) is 2. The molecule has 0 atom stereocenters. The summed E-state index contributed by atoms with van der Waals surface area (Å²) in [6, 6.07) is 15.7. The first kappa shape index (κ1) is 19.8. The molecule has 0 aliphatic heterocycles. The van der Waals surface area contributed by atoms with Gasteiger partial charge < -0.3 is 14.8 Å². The number of rotatable bonds is 5. The van der Waals surface area contributed by atoms with Crippen molar-refractivity contribution in [3.8, 4) is 16.9 Å². The Labute approximate surface area is 167 Å². The van der Waals surface area contributed by atoms with E-state index in [4.69, 9.17) is 9.47 Å². The number of carbonyl (C=O) groups is 3. The van der Waals surface area contributed by atoms with Gasteiger partial charge in [-0.2, -0.15) is 5.10 Å². The standard InChI is InChI=1S/C21H19N3O5/c1-13(25)22-16-12-8-7-11-15(16)18-17(20(26)28-2)19(21(27)29-3)24(23-18)14-9-5-4-6-10-14/h4-12H,1-3H3,(H,22,25). The third-order valence-corrected chi connectivity index (χ3v) is 4.15. The Hall–Kier alpha value is -3.94. The van der Waals surface area contributed by atoms with Crippen molar-refractivity contribution in [1.29, 1.82) is 0 Å². The third-order valence-electron chi connectivity index (χ3n) is 4.15. The molecule has 8 nitrogen and oxygen atoms in total. The summed E-state index contributed by atoms with van der Waals surface area (Å²) in [5.74, 6) is -1.78. The first-order valence-electron chi connectivity index (χ1n) is 8.70. The van der Waals surface area contributed by atoms with Gasteiger partial charge in [0.1, 0.15) is 11.3 Å². The van der Waals surface area contributed by atoms with E-state index >= 15 is 0 Å². The summed E-state index contributed by atoms with van der Waals surface area (Å²) < 4.78 is 11.1. The van der Waals surface area contributed by atoms with Crippen molar-refractivity contribution in [2.75, 3.05) is 19.5 Å². The molecule has 0 saturated carbocycles. The molecule has 3 aromatic rings. The monoisotopic (exact) mass is 393 g/mol. The molecule has 1 N–H and O–H groups in total. The highest BCUT2D eigenvalue weighted by Crippen LogP contribution is 2.33. The fourth-order valence-electron chi connectivity index (χ4n) is 2.93. The normalized spacial score (nSPS) is 10.3. The largest absolute Gasteiger partial charge is 0.465 e. The van der Waals surface area contributed by atoms with E-state index < -0.39 is 11.9 Å². The minimum absolute atomic E-state index is 0.0546. The van der Waals surface area contributed by atoms with Crippen LogP contribution in [0, 0.1) is 0 Å². The molecule has 0 radical (unpaired) electrons. The molecule has 29 heavy (non-hydrogen) atoms. The van der Waals surface area contributed by atoms with E-state index in [1.165, 1.54) is 25.8 Å². The molecule has 2 aromatic carbocycles. The zero-order valence-electron chi connectivity index (χ0n) is 16.1. The lowest BCUT2D eigenvalue weighted by atomic mass is 10.0. The Morgan fingerprint density at radius 2 is 1.52 bits per heavy atom. The van der Waals surface area contributed by atoms with Crippen molar-refractivity contribution in [3.05, 3.63) is 65.9 Å². The minimum Gasteiger partial charge on any atom is -0.465 e. The smallest absolute Gasteiger partial charge is 0.357 e. The second-order valence-electron chi connectivity index (χ2n) is 6.03. The number of esters is 2. The quantitative estimate of drug-likeness (QED) is 0.669. The molecule has 0 spiro atoms. The lowest BCUT2D eigenvalue weighted by Crippen LogP contribution is -2.15. The summed E-state index contributed by atoms with van der Waals surface area (Å²) in [6.07, 6.45) is 0. The van der Waals surface area contributed by atoms with E-state index in [1.54, 1.807) is 48.5 Å². The molecule has 0 aliphatic carbocycles. The van der Waals surface area contributed by atoms with E-state index in [0.717, 1.165) is 0 Å². The van der Waals surface area contributed by atoms with Crippen LogP contribution < -0.4 is 5.32 Å². The Balaban J connectivity index is 2.36. The Morgan fingerprint density at radius 1 is 0.897 bits per heavy atom. The Morgan fingerprint density at radius 3 is 2.14 bits per heavy atom. The van der Waals surface area contributed by atoms with Crippen molar-refractivity contribution in [1.82, 2.24) is 9.78 Å². The highest BCUT2D eigenvalue weighted by molar-refractivity contribution is 6.08. The van der Waals surface area contributed by atoms with E-state index in [0.29, 0.717) is 16.9 Å². The molecule has 0 bridgehead atoms. The van der Waals surface area contributed by atoms with Crippen LogP contribution in [0.1, 0.15) is 27.8 Å². The zero-order valence-corrected chi connectivity index (χ0v) is 16.1. The van der Waals surface area contributed by atoms with Gasteiger partial charge in [-0.15, -0.1) is 0 Å². The van der Waals surface area contributed by atoms with E-state index in [-0.39, 0.29) is 22.9 Å². The topological polar surface area (TPSA) is 99.5 Å². The zero-order chi connectivity index (χ0) is 21.0. The van der Waals surface area contributed by atoms with Crippen LogP contribution in [0.4, 0.5) is 5.69 Å². The number of hydrogen-bond donors (Lipinski definition) is 1. The number of anilines is 1. The SMILES string of the molecule is COC(=O)c1c(-c2ccccc2NC(C)=O)nn(-c2ccccc2)c1C(=O)OC. The number of hydrogen-bond acceptors (Lipinski definition) is 6. The number of amides is 1. The van der Waals surface area contributed by atoms with Crippen LogP contribution in [-0.2, 0) is 14.3 Å². The van der Waals surface area contributed by atoms with Crippen LogP contribution >= 0.6 is 0 Å². The number of nitrogens with one attached hydrogen (secondary N) is 1. The van der Waals surface area contributed by atoms with Crippen LogP contribution in [0.3, 0.4) is 0 Å². The lowest BCUT2D eigenvalue weighted by Gasteiger charge is -2.09. The van der Waals surface area contributed by atoms with Crippen LogP contribution in [0.2, 0.25) is 0 Å². The van der Waals surface area contributed by atoms with E-state index in [9.17, 15) is 14.4 Å². The molecule has 0 aliphatic rings. The molecule has 8 heteroatoms. The van der Waals surface area contributed by atoms with Gasteiger partial charge in [0, 0.05) is 12.5 Å². The molecule has 1 heterocycles. The molecular weight excluding hydrogens is 374 g/mol. The molecule has 0 saturated heterocycles.